The van der Waals surface area contributed by atoms with Gasteiger partial charge in [0.2, 0.25) is 0 Å². The van der Waals surface area contributed by atoms with E-state index in [4.69, 9.17) is 4.74 Å². The second-order valence-electron chi connectivity index (χ2n) is 11.1. The van der Waals surface area contributed by atoms with E-state index in [0.717, 1.165) is 11.1 Å². The molecule has 1 aromatic heterocycles. The molecule has 0 radical (unpaired) electrons. The van der Waals surface area contributed by atoms with Gasteiger partial charge in [0, 0.05) is 23.6 Å². The molecule has 1 atom stereocenters. The molecule has 1 aliphatic rings. The van der Waals surface area contributed by atoms with Crippen molar-refractivity contribution in [3.05, 3.63) is 100 Å². The van der Waals surface area contributed by atoms with Crippen molar-refractivity contribution < 1.29 is 24.2 Å². The summed E-state index contributed by atoms with van der Waals surface area (Å²) in [4.78, 5) is 44.6. The number of benzene rings is 2. The Labute approximate surface area is 229 Å². The van der Waals surface area contributed by atoms with Crippen molar-refractivity contribution >= 4 is 29.1 Å². The van der Waals surface area contributed by atoms with Crippen molar-refractivity contribution in [2.24, 2.45) is 0 Å². The van der Waals surface area contributed by atoms with Gasteiger partial charge in [0.25, 0.3) is 11.7 Å². The summed E-state index contributed by atoms with van der Waals surface area (Å²) in [5.41, 5.74) is 3.89. The number of ether oxygens (including phenoxy) is 1. The number of aryl methyl sites for hydroxylation is 1. The Hall–Kier alpha value is -4.26. The van der Waals surface area contributed by atoms with E-state index in [9.17, 15) is 19.5 Å². The Balaban J connectivity index is 1.82. The zero-order valence-corrected chi connectivity index (χ0v) is 23.2. The van der Waals surface area contributed by atoms with Gasteiger partial charge in [-0.25, -0.2) is 0 Å². The van der Waals surface area contributed by atoms with Crippen LogP contribution in [0.4, 0.5) is 5.69 Å². The van der Waals surface area contributed by atoms with Crippen molar-refractivity contribution in [1.29, 1.82) is 0 Å². The fraction of sp³-hybridized carbons (Fsp3) is 0.312. The molecule has 0 aliphatic carbocycles. The van der Waals surface area contributed by atoms with Crippen LogP contribution < -0.4 is 4.90 Å². The van der Waals surface area contributed by atoms with Crippen LogP contribution in [0.1, 0.15) is 68.5 Å². The largest absolute Gasteiger partial charge is 0.507 e. The zero-order valence-electron chi connectivity index (χ0n) is 23.2. The number of rotatable bonds is 6. The second kappa shape index (κ2) is 10.8. The van der Waals surface area contributed by atoms with Crippen LogP contribution in [-0.4, -0.2) is 33.9 Å². The second-order valence-corrected chi connectivity index (χ2v) is 11.1. The number of aliphatic hydroxyl groups is 1. The van der Waals surface area contributed by atoms with E-state index in [-0.39, 0.29) is 35.2 Å². The number of nitrogens with zero attached hydrogens (tertiary/aromatic N) is 2. The fourth-order valence-corrected chi connectivity index (χ4v) is 4.69. The first kappa shape index (κ1) is 27.8. The molecular formula is C32H34N2O5. The topological polar surface area (TPSA) is 96.8 Å². The van der Waals surface area contributed by atoms with Crippen molar-refractivity contribution in [1.82, 2.24) is 4.98 Å². The van der Waals surface area contributed by atoms with E-state index in [1.807, 2.05) is 25.1 Å². The molecule has 7 heteroatoms. The minimum atomic E-state index is -0.881. The number of carbonyl (C=O) groups is 3. The van der Waals surface area contributed by atoms with Gasteiger partial charge in [0.15, 0.2) is 0 Å². The lowest BCUT2D eigenvalue weighted by Gasteiger charge is -2.26. The number of Topliss-reactive ketones (excluding diaryl/α,β-unsaturated/α-hetero) is 1. The molecule has 1 fully saturated rings. The molecule has 0 spiro atoms. The Bertz CT molecular complexity index is 1430. The number of amides is 1. The van der Waals surface area contributed by atoms with Gasteiger partial charge in [-0.2, -0.15) is 0 Å². The average Bonchev–Trinajstić information content (AvgIpc) is 3.14. The van der Waals surface area contributed by atoms with Crippen LogP contribution in [0.15, 0.2) is 72.6 Å². The van der Waals surface area contributed by atoms with E-state index in [0.29, 0.717) is 22.4 Å². The normalized spacial score (nSPS) is 17.1. The van der Waals surface area contributed by atoms with Crippen LogP contribution in [0.3, 0.4) is 0 Å². The third-order valence-electron chi connectivity index (χ3n) is 6.73. The van der Waals surface area contributed by atoms with E-state index in [2.05, 4.69) is 25.8 Å². The fourth-order valence-electron chi connectivity index (χ4n) is 4.69. The lowest BCUT2D eigenvalue weighted by molar-refractivity contribution is -0.146. The summed E-state index contributed by atoms with van der Waals surface area (Å²) in [6.45, 7) is 11.7. The maximum Gasteiger partial charge on any atom is 0.310 e. The molecule has 0 bridgehead atoms. The van der Waals surface area contributed by atoms with Gasteiger partial charge in [-0.3, -0.25) is 24.3 Å². The molecule has 4 rings (SSSR count). The van der Waals surface area contributed by atoms with Crippen LogP contribution in [0, 0.1) is 6.92 Å². The average molecular weight is 527 g/mol. The molecule has 2 aromatic carbocycles. The Kier molecular flexibility index (Phi) is 7.72. The number of hydrogen-bond donors (Lipinski definition) is 1. The van der Waals surface area contributed by atoms with E-state index in [1.54, 1.807) is 62.6 Å². The number of carbonyl (C=O) groups excluding carboxylic acids is 3. The molecule has 0 saturated carbocycles. The van der Waals surface area contributed by atoms with Gasteiger partial charge in [0.1, 0.15) is 5.76 Å². The number of anilines is 1. The van der Waals surface area contributed by atoms with Crippen LogP contribution >= 0.6 is 0 Å². The maximum atomic E-state index is 13.5. The van der Waals surface area contributed by atoms with Crippen molar-refractivity contribution in [3.63, 3.8) is 0 Å². The molecule has 1 N–H and O–H groups in total. The summed E-state index contributed by atoms with van der Waals surface area (Å²) in [6, 6.07) is 15.3. The molecule has 3 aromatic rings. The molecule has 39 heavy (non-hydrogen) atoms. The quantitative estimate of drug-likeness (QED) is 0.189. The third-order valence-corrected chi connectivity index (χ3v) is 6.73. The number of hydrogen-bond acceptors (Lipinski definition) is 6. The monoisotopic (exact) mass is 526 g/mol. The SMILES string of the molecule is Cc1ccc(C(C)(C)C)cc1/C(O)=C1\C(=O)C(=O)N(c2ccc(CC(=O)OC(C)C)cc2)C1c1cccnc1. The molecule has 1 unspecified atom stereocenters. The summed E-state index contributed by atoms with van der Waals surface area (Å²) in [7, 11) is 0. The molecule has 1 amide bonds. The lowest BCUT2D eigenvalue weighted by atomic mass is 9.84. The molecule has 1 aliphatic heterocycles. The highest BCUT2D eigenvalue weighted by molar-refractivity contribution is 6.51. The summed E-state index contributed by atoms with van der Waals surface area (Å²) in [5, 5.41) is 11.6. The van der Waals surface area contributed by atoms with Crippen molar-refractivity contribution in [2.75, 3.05) is 4.90 Å². The first-order chi connectivity index (χ1) is 18.4. The molecule has 7 nitrogen and oxygen atoms in total. The predicted molar refractivity (Wildman–Crippen MR) is 150 cm³/mol. The maximum absolute atomic E-state index is 13.5. The van der Waals surface area contributed by atoms with E-state index >= 15 is 0 Å². The third kappa shape index (κ3) is 5.77. The van der Waals surface area contributed by atoms with Gasteiger partial charge >= 0.3 is 5.97 Å². The van der Waals surface area contributed by atoms with E-state index in [1.165, 1.54) is 4.90 Å². The van der Waals surface area contributed by atoms with E-state index < -0.39 is 17.7 Å². The molecule has 202 valence electrons. The summed E-state index contributed by atoms with van der Waals surface area (Å²) < 4.78 is 5.22. The van der Waals surface area contributed by atoms with Gasteiger partial charge in [-0.1, -0.05) is 51.1 Å². The number of pyridine rings is 1. The summed E-state index contributed by atoms with van der Waals surface area (Å²) in [6.07, 6.45) is 3.08. The van der Waals surface area contributed by atoms with Gasteiger partial charge in [-0.15, -0.1) is 0 Å². The summed E-state index contributed by atoms with van der Waals surface area (Å²) >= 11 is 0. The predicted octanol–water partition coefficient (Wildman–Crippen LogP) is 5.81. The molecule has 1 saturated heterocycles. The van der Waals surface area contributed by atoms with Crippen molar-refractivity contribution in [3.8, 4) is 0 Å². The molecular weight excluding hydrogens is 492 g/mol. The highest BCUT2D eigenvalue weighted by atomic mass is 16.5. The smallest absolute Gasteiger partial charge is 0.310 e. The van der Waals surface area contributed by atoms with Crippen LogP contribution in [0.2, 0.25) is 0 Å². The first-order valence-electron chi connectivity index (χ1n) is 13.0. The Morgan fingerprint density at radius 1 is 1.08 bits per heavy atom. The Morgan fingerprint density at radius 3 is 2.36 bits per heavy atom. The van der Waals surface area contributed by atoms with Crippen LogP contribution in [-0.2, 0) is 31.0 Å². The van der Waals surface area contributed by atoms with Gasteiger partial charge in [-0.05, 0) is 72.7 Å². The number of aliphatic hydroxyl groups excluding tert-OH is 1. The standard InChI is InChI=1S/C32H34N2O5/c1-19(2)39-26(35)16-21-10-13-24(14-11-21)34-28(22-8-7-15-33-18-22)27(30(37)31(34)38)29(36)25-17-23(32(4,5)6)12-9-20(25)3/h7-15,17-19,28,36H,16H2,1-6H3/b29-27+. The first-order valence-corrected chi connectivity index (χ1v) is 13.0. The number of esters is 1. The van der Waals surface area contributed by atoms with Crippen LogP contribution in [0.25, 0.3) is 5.76 Å². The van der Waals surface area contributed by atoms with Crippen LogP contribution in [0.5, 0.6) is 0 Å². The van der Waals surface area contributed by atoms with Crippen molar-refractivity contribution in [2.45, 2.75) is 65.5 Å². The van der Waals surface area contributed by atoms with Gasteiger partial charge in [0.05, 0.1) is 24.1 Å². The highest BCUT2D eigenvalue weighted by Crippen LogP contribution is 2.42. The Morgan fingerprint density at radius 2 is 1.77 bits per heavy atom. The zero-order chi connectivity index (χ0) is 28.5. The minimum absolute atomic E-state index is 0.00625. The van der Waals surface area contributed by atoms with Gasteiger partial charge < -0.3 is 9.84 Å². The lowest BCUT2D eigenvalue weighted by Crippen LogP contribution is -2.29. The summed E-state index contributed by atoms with van der Waals surface area (Å²) in [5.74, 6) is -2.09. The molecule has 2 heterocycles. The number of aromatic nitrogens is 1. The minimum Gasteiger partial charge on any atom is -0.507 e. The number of ketones is 1. The highest BCUT2D eigenvalue weighted by Gasteiger charge is 2.47.